The Morgan fingerprint density at radius 3 is 2.10 bits per heavy atom. The molecule has 0 aliphatic rings. The van der Waals surface area contributed by atoms with E-state index in [1.54, 1.807) is 13.8 Å². The third-order valence-corrected chi connectivity index (χ3v) is 2.60. The number of carbonyl (C=O) groups excluding carboxylic acids is 1. The summed E-state index contributed by atoms with van der Waals surface area (Å²) in [6.45, 7) is 3.87. The monoisotopic (exact) mass is 304 g/mol. The van der Waals surface area contributed by atoms with E-state index in [1.807, 2.05) is 0 Å². The number of nitrogens with one attached hydrogen (secondary N) is 2. The molecule has 0 bridgehead atoms. The van der Waals surface area contributed by atoms with Crippen molar-refractivity contribution in [2.45, 2.75) is 39.2 Å². The Hall–Kier alpha value is -2.16. The van der Waals surface area contributed by atoms with E-state index in [9.17, 15) is 14.4 Å². The number of rotatable bonds is 8. The molecule has 0 fully saturated rings. The molecule has 0 spiro atoms. The van der Waals surface area contributed by atoms with Crippen molar-refractivity contribution in [1.29, 1.82) is 5.41 Å². The maximum Gasteiger partial charge on any atom is 0.372 e. The first-order valence-corrected chi connectivity index (χ1v) is 6.46. The van der Waals surface area contributed by atoms with Gasteiger partial charge in [-0.3, -0.25) is 15.0 Å². The zero-order valence-corrected chi connectivity index (χ0v) is 12.3. The summed E-state index contributed by atoms with van der Waals surface area (Å²) in [6, 6.07) is -0.821. The number of Topliss-reactive ketones (excluding diaryl/α,β-unsaturated/α-hetero) is 1. The van der Waals surface area contributed by atoms with Crippen LogP contribution in [0.25, 0.3) is 0 Å². The van der Waals surface area contributed by atoms with Gasteiger partial charge in [0.05, 0.1) is 0 Å². The van der Waals surface area contributed by atoms with Gasteiger partial charge in [0.15, 0.2) is 5.96 Å². The SMILES string of the molecule is CCC(C)C(=O)C(=O)O.N=C(N)NCCC[C@H](N)C(=O)O. The molecule has 0 aromatic rings. The largest absolute Gasteiger partial charge is 0.480 e. The van der Waals surface area contributed by atoms with Crippen LogP contribution in [-0.4, -0.2) is 46.5 Å². The van der Waals surface area contributed by atoms with Gasteiger partial charge in [-0.25, -0.2) is 4.79 Å². The third kappa shape index (κ3) is 12.6. The fourth-order valence-electron chi connectivity index (χ4n) is 1.06. The van der Waals surface area contributed by atoms with E-state index in [-0.39, 0.29) is 11.9 Å². The van der Waals surface area contributed by atoms with Crippen molar-refractivity contribution in [2.24, 2.45) is 17.4 Å². The Balaban J connectivity index is 0. The lowest BCUT2D eigenvalue weighted by Gasteiger charge is -2.06. The van der Waals surface area contributed by atoms with E-state index in [4.69, 9.17) is 27.1 Å². The van der Waals surface area contributed by atoms with Crippen LogP contribution in [-0.2, 0) is 14.4 Å². The molecule has 0 heterocycles. The van der Waals surface area contributed by atoms with Crippen molar-refractivity contribution >= 4 is 23.7 Å². The lowest BCUT2D eigenvalue weighted by atomic mass is 10.0. The highest BCUT2D eigenvalue weighted by Crippen LogP contribution is 2.00. The summed E-state index contributed by atoms with van der Waals surface area (Å²) in [7, 11) is 0. The molecular formula is C12H24N4O5. The van der Waals surface area contributed by atoms with Crippen LogP contribution in [0.3, 0.4) is 0 Å². The van der Waals surface area contributed by atoms with E-state index in [0.29, 0.717) is 25.8 Å². The smallest absolute Gasteiger partial charge is 0.372 e. The van der Waals surface area contributed by atoms with Crippen LogP contribution in [0.5, 0.6) is 0 Å². The predicted octanol–water partition coefficient (Wildman–Crippen LogP) is -0.652. The van der Waals surface area contributed by atoms with Gasteiger partial charge in [-0.2, -0.15) is 0 Å². The summed E-state index contributed by atoms with van der Waals surface area (Å²) in [6.07, 6.45) is 1.56. The van der Waals surface area contributed by atoms with Gasteiger partial charge < -0.3 is 27.0 Å². The normalized spacial score (nSPS) is 12.3. The highest BCUT2D eigenvalue weighted by molar-refractivity contribution is 6.33. The molecule has 0 saturated carbocycles. The fraction of sp³-hybridized carbons (Fsp3) is 0.667. The van der Waals surface area contributed by atoms with Gasteiger partial charge in [-0.05, 0) is 19.3 Å². The molecule has 9 nitrogen and oxygen atoms in total. The summed E-state index contributed by atoms with van der Waals surface area (Å²) >= 11 is 0. The van der Waals surface area contributed by atoms with E-state index in [2.05, 4.69) is 5.32 Å². The van der Waals surface area contributed by atoms with Crippen LogP contribution >= 0.6 is 0 Å². The standard InChI is InChI=1S/C6H14N4O2.C6H10O3/c7-4(5(11)12)2-1-3-10-6(8)9;1-3-4(2)5(7)6(8)9/h4H,1-3,7H2,(H,11,12)(H4,8,9,10);4H,3H2,1-2H3,(H,8,9)/t4-;/m0./s1. The summed E-state index contributed by atoms with van der Waals surface area (Å²) in [4.78, 5) is 30.6. The van der Waals surface area contributed by atoms with Crippen LogP contribution in [0.15, 0.2) is 0 Å². The molecule has 0 amide bonds. The maximum absolute atomic E-state index is 10.5. The van der Waals surface area contributed by atoms with E-state index < -0.39 is 23.8 Å². The first-order valence-electron chi connectivity index (χ1n) is 6.46. The molecule has 21 heavy (non-hydrogen) atoms. The number of ketones is 1. The van der Waals surface area contributed by atoms with Crippen molar-refractivity contribution in [3.63, 3.8) is 0 Å². The van der Waals surface area contributed by atoms with Gasteiger partial charge in [-0.15, -0.1) is 0 Å². The van der Waals surface area contributed by atoms with Crippen molar-refractivity contribution in [2.75, 3.05) is 6.54 Å². The summed E-state index contributed by atoms with van der Waals surface area (Å²) in [5.74, 6) is -3.49. The van der Waals surface area contributed by atoms with Gasteiger partial charge in [-0.1, -0.05) is 13.8 Å². The van der Waals surface area contributed by atoms with Gasteiger partial charge in [0.1, 0.15) is 6.04 Å². The Morgan fingerprint density at radius 2 is 1.81 bits per heavy atom. The third-order valence-electron chi connectivity index (χ3n) is 2.60. The molecule has 8 N–H and O–H groups in total. The lowest BCUT2D eigenvalue weighted by molar-refractivity contribution is -0.150. The minimum Gasteiger partial charge on any atom is -0.480 e. The maximum atomic E-state index is 10.5. The average molecular weight is 304 g/mol. The molecule has 0 radical (unpaired) electrons. The second-order valence-electron chi connectivity index (χ2n) is 4.41. The molecular weight excluding hydrogens is 280 g/mol. The van der Waals surface area contributed by atoms with Crippen molar-refractivity contribution in [3.8, 4) is 0 Å². The Labute approximate surface area is 123 Å². The molecule has 0 rings (SSSR count). The highest BCUT2D eigenvalue weighted by Gasteiger charge is 2.17. The number of carbonyl (C=O) groups is 3. The Kier molecular flexibility index (Phi) is 11.7. The quantitative estimate of drug-likeness (QED) is 0.148. The highest BCUT2D eigenvalue weighted by atomic mass is 16.4. The molecule has 122 valence electrons. The molecule has 1 unspecified atom stereocenters. The topological polar surface area (TPSA) is 180 Å². The van der Waals surface area contributed by atoms with Gasteiger partial charge >= 0.3 is 11.9 Å². The molecule has 9 heteroatoms. The van der Waals surface area contributed by atoms with E-state index in [1.165, 1.54) is 0 Å². The van der Waals surface area contributed by atoms with Crippen LogP contribution in [0, 0.1) is 11.3 Å². The zero-order valence-electron chi connectivity index (χ0n) is 12.3. The molecule has 0 aliphatic heterocycles. The van der Waals surface area contributed by atoms with Gasteiger partial charge in [0.2, 0.25) is 5.78 Å². The van der Waals surface area contributed by atoms with Crippen molar-refractivity contribution in [3.05, 3.63) is 0 Å². The summed E-state index contributed by atoms with van der Waals surface area (Å²) < 4.78 is 0. The molecule has 0 aromatic carbocycles. The number of nitrogens with two attached hydrogens (primary N) is 2. The Bertz CT molecular complexity index is 373. The number of carboxylic acids is 2. The second kappa shape index (κ2) is 11.6. The first-order chi connectivity index (χ1) is 9.63. The van der Waals surface area contributed by atoms with Crippen LogP contribution in [0.1, 0.15) is 33.1 Å². The number of carboxylic acid groups (broad SMARTS) is 2. The molecule has 0 aromatic heterocycles. The molecule has 0 saturated heterocycles. The van der Waals surface area contributed by atoms with Crippen molar-refractivity contribution in [1.82, 2.24) is 5.32 Å². The van der Waals surface area contributed by atoms with Gasteiger partial charge in [0, 0.05) is 12.5 Å². The minimum atomic E-state index is -1.33. The molecule has 2 atom stereocenters. The number of hydrogen-bond acceptors (Lipinski definition) is 5. The van der Waals surface area contributed by atoms with E-state index >= 15 is 0 Å². The zero-order chi connectivity index (χ0) is 17.0. The van der Waals surface area contributed by atoms with Gasteiger partial charge in [0.25, 0.3) is 0 Å². The first kappa shape index (κ1) is 21.1. The molecule has 0 aliphatic carbocycles. The fourth-order valence-corrected chi connectivity index (χ4v) is 1.06. The average Bonchev–Trinajstić information content (AvgIpc) is 2.41. The number of hydrogen-bond donors (Lipinski definition) is 6. The van der Waals surface area contributed by atoms with Crippen LogP contribution in [0.2, 0.25) is 0 Å². The van der Waals surface area contributed by atoms with E-state index in [0.717, 1.165) is 0 Å². The number of aliphatic carboxylic acids is 2. The number of guanidine groups is 1. The van der Waals surface area contributed by atoms with Crippen LogP contribution in [0.4, 0.5) is 0 Å². The minimum absolute atomic E-state index is 0.112. The van der Waals surface area contributed by atoms with Crippen molar-refractivity contribution < 1.29 is 24.6 Å². The summed E-state index contributed by atoms with van der Waals surface area (Å²) in [5.41, 5.74) is 10.2. The Morgan fingerprint density at radius 1 is 1.29 bits per heavy atom. The second-order valence-corrected chi connectivity index (χ2v) is 4.41. The predicted molar refractivity (Wildman–Crippen MR) is 76.9 cm³/mol. The lowest BCUT2D eigenvalue weighted by Crippen LogP contribution is -2.34. The van der Waals surface area contributed by atoms with Crippen LogP contribution < -0.4 is 16.8 Å². The summed E-state index contributed by atoms with van der Waals surface area (Å²) in [5, 5.41) is 25.8.